The molecule has 1 aromatic carbocycles. The summed E-state index contributed by atoms with van der Waals surface area (Å²) in [5, 5.41) is 11.6. The third-order valence-electron chi connectivity index (χ3n) is 2.46. The summed E-state index contributed by atoms with van der Waals surface area (Å²) >= 11 is 3.49. The van der Waals surface area contributed by atoms with Crippen LogP contribution < -0.4 is 10.6 Å². The van der Waals surface area contributed by atoms with Crippen LogP contribution in [0.4, 0.5) is 5.69 Å². The molecule has 0 aliphatic heterocycles. The van der Waals surface area contributed by atoms with Gasteiger partial charge in [-0.1, -0.05) is 5.16 Å². The summed E-state index contributed by atoms with van der Waals surface area (Å²) in [6.45, 7) is 6.09. The zero-order valence-corrected chi connectivity index (χ0v) is 11.0. The van der Waals surface area contributed by atoms with Crippen molar-refractivity contribution in [2.24, 2.45) is 10.9 Å². The van der Waals surface area contributed by atoms with Crippen LogP contribution in [0.1, 0.15) is 19.4 Å². The third-order valence-corrected chi connectivity index (χ3v) is 3.09. The Kier molecular flexibility index (Phi) is 4.61. The van der Waals surface area contributed by atoms with Crippen molar-refractivity contribution in [3.05, 3.63) is 28.2 Å². The second-order valence-corrected chi connectivity index (χ2v) is 4.18. The number of hydrogen-bond donors (Lipinski definition) is 2. The smallest absolute Gasteiger partial charge is 0.170 e. The van der Waals surface area contributed by atoms with E-state index in [4.69, 9.17) is 10.9 Å². The van der Waals surface area contributed by atoms with Crippen LogP contribution in [0, 0.1) is 0 Å². The van der Waals surface area contributed by atoms with E-state index in [1.165, 1.54) is 0 Å². The molecule has 5 heteroatoms. The van der Waals surface area contributed by atoms with Gasteiger partial charge in [0.1, 0.15) is 0 Å². The molecule has 0 amide bonds. The molecule has 0 aliphatic rings. The largest absolute Gasteiger partial charge is 0.409 e. The van der Waals surface area contributed by atoms with E-state index < -0.39 is 0 Å². The van der Waals surface area contributed by atoms with Gasteiger partial charge in [0.15, 0.2) is 5.84 Å². The Morgan fingerprint density at radius 2 is 2.06 bits per heavy atom. The molecule has 4 nitrogen and oxygen atoms in total. The number of halogens is 1. The van der Waals surface area contributed by atoms with Crippen LogP contribution in [0.25, 0.3) is 0 Å². The van der Waals surface area contributed by atoms with Gasteiger partial charge < -0.3 is 15.8 Å². The van der Waals surface area contributed by atoms with Crippen LogP contribution in [0.5, 0.6) is 0 Å². The molecule has 0 radical (unpaired) electrons. The summed E-state index contributed by atoms with van der Waals surface area (Å²) in [6.07, 6.45) is 0. The van der Waals surface area contributed by atoms with Gasteiger partial charge in [0.25, 0.3) is 0 Å². The summed E-state index contributed by atoms with van der Waals surface area (Å²) in [5.74, 6) is 0.117. The summed E-state index contributed by atoms with van der Waals surface area (Å²) in [6, 6.07) is 5.65. The van der Waals surface area contributed by atoms with E-state index in [0.29, 0.717) is 5.56 Å². The maximum Gasteiger partial charge on any atom is 0.170 e. The Morgan fingerprint density at radius 1 is 1.44 bits per heavy atom. The summed E-state index contributed by atoms with van der Waals surface area (Å²) < 4.78 is 0.945. The summed E-state index contributed by atoms with van der Waals surface area (Å²) in [4.78, 5) is 2.22. The molecule has 0 saturated heterocycles. The zero-order valence-electron chi connectivity index (χ0n) is 9.44. The lowest BCUT2D eigenvalue weighted by molar-refractivity contribution is 0.318. The minimum Gasteiger partial charge on any atom is -0.409 e. The van der Waals surface area contributed by atoms with E-state index in [0.717, 1.165) is 23.2 Å². The number of nitrogens with two attached hydrogens (primary N) is 1. The number of amidine groups is 1. The van der Waals surface area contributed by atoms with Crippen molar-refractivity contribution in [3.63, 3.8) is 0 Å². The highest BCUT2D eigenvalue weighted by atomic mass is 79.9. The highest BCUT2D eigenvalue weighted by Gasteiger charge is 2.08. The Morgan fingerprint density at radius 3 is 2.50 bits per heavy atom. The molecule has 0 bridgehead atoms. The summed E-state index contributed by atoms with van der Waals surface area (Å²) in [5.41, 5.74) is 7.33. The molecule has 1 aromatic rings. The van der Waals surface area contributed by atoms with Crippen molar-refractivity contribution in [3.8, 4) is 0 Å². The van der Waals surface area contributed by atoms with Crippen molar-refractivity contribution in [1.82, 2.24) is 0 Å². The SMILES string of the molecule is CCN(CC)c1ccc(/C(N)=N/O)cc1Br. The molecule has 0 saturated carbocycles. The predicted molar refractivity (Wildman–Crippen MR) is 70.2 cm³/mol. The molecule has 88 valence electrons. The lowest BCUT2D eigenvalue weighted by Gasteiger charge is -2.22. The lowest BCUT2D eigenvalue weighted by Crippen LogP contribution is -2.22. The first-order chi connectivity index (χ1) is 7.63. The van der Waals surface area contributed by atoms with Gasteiger partial charge in [0.2, 0.25) is 0 Å². The number of benzene rings is 1. The molecule has 3 N–H and O–H groups in total. The first-order valence-electron chi connectivity index (χ1n) is 5.16. The van der Waals surface area contributed by atoms with Crippen LogP contribution in [-0.2, 0) is 0 Å². The van der Waals surface area contributed by atoms with Gasteiger partial charge in [0.05, 0.1) is 5.69 Å². The van der Waals surface area contributed by atoms with Crippen LogP contribution in [0.2, 0.25) is 0 Å². The highest BCUT2D eigenvalue weighted by Crippen LogP contribution is 2.27. The van der Waals surface area contributed by atoms with Crippen molar-refractivity contribution in [1.29, 1.82) is 0 Å². The van der Waals surface area contributed by atoms with Gasteiger partial charge in [-0.05, 0) is 48.0 Å². The van der Waals surface area contributed by atoms with Gasteiger partial charge >= 0.3 is 0 Å². The standard InChI is InChI=1S/C11H16BrN3O/c1-3-15(4-2)10-6-5-8(7-9(10)12)11(13)14-16/h5-7,16H,3-4H2,1-2H3,(H2,13,14). The van der Waals surface area contributed by atoms with E-state index in [2.05, 4.69) is 39.8 Å². The topological polar surface area (TPSA) is 61.8 Å². The average Bonchev–Trinajstić information content (AvgIpc) is 2.31. The molecular formula is C11H16BrN3O. The Labute approximate surface area is 104 Å². The maximum atomic E-state index is 8.59. The molecule has 0 heterocycles. The molecule has 16 heavy (non-hydrogen) atoms. The second-order valence-electron chi connectivity index (χ2n) is 3.32. The molecule has 0 spiro atoms. The molecule has 0 aromatic heterocycles. The van der Waals surface area contributed by atoms with E-state index in [1.807, 2.05) is 18.2 Å². The normalized spacial score (nSPS) is 11.6. The summed E-state index contributed by atoms with van der Waals surface area (Å²) in [7, 11) is 0. The Balaban J connectivity index is 3.09. The second kappa shape index (κ2) is 5.75. The van der Waals surface area contributed by atoms with Crippen molar-refractivity contribution in [2.75, 3.05) is 18.0 Å². The zero-order chi connectivity index (χ0) is 12.1. The number of hydrogen-bond acceptors (Lipinski definition) is 3. The molecular weight excluding hydrogens is 270 g/mol. The van der Waals surface area contributed by atoms with Crippen LogP contribution >= 0.6 is 15.9 Å². The Hall–Kier alpha value is -1.23. The van der Waals surface area contributed by atoms with E-state index in [9.17, 15) is 0 Å². The molecule has 0 unspecified atom stereocenters. The van der Waals surface area contributed by atoms with Crippen molar-refractivity contribution >= 4 is 27.5 Å². The van der Waals surface area contributed by atoms with Crippen molar-refractivity contribution in [2.45, 2.75) is 13.8 Å². The van der Waals surface area contributed by atoms with Gasteiger partial charge in [-0.2, -0.15) is 0 Å². The minimum atomic E-state index is 0.117. The van der Waals surface area contributed by atoms with E-state index >= 15 is 0 Å². The molecule has 0 atom stereocenters. The molecule has 0 aliphatic carbocycles. The molecule has 1 rings (SSSR count). The maximum absolute atomic E-state index is 8.59. The van der Waals surface area contributed by atoms with Gasteiger partial charge in [-0.3, -0.25) is 0 Å². The Bertz CT molecular complexity index is 389. The van der Waals surface area contributed by atoms with Gasteiger partial charge in [-0.25, -0.2) is 0 Å². The van der Waals surface area contributed by atoms with Crippen LogP contribution in [0.3, 0.4) is 0 Å². The molecule has 0 fully saturated rings. The monoisotopic (exact) mass is 285 g/mol. The first-order valence-corrected chi connectivity index (χ1v) is 5.95. The highest BCUT2D eigenvalue weighted by molar-refractivity contribution is 9.10. The number of rotatable bonds is 4. The van der Waals surface area contributed by atoms with Gasteiger partial charge in [-0.15, -0.1) is 0 Å². The first kappa shape index (κ1) is 12.8. The van der Waals surface area contributed by atoms with Crippen LogP contribution in [-0.4, -0.2) is 24.1 Å². The number of nitrogens with zero attached hydrogens (tertiary/aromatic N) is 2. The fourth-order valence-corrected chi connectivity index (χ4v) is 2.17. The third kappa shape index (κ3) is 2.66. The van der Waals surface area contributed by atoms with E-state index in [1.54, 1.807) is 0 Å². The minimum absolute atomic E-state index is 0.117. The fourth-order valence-electron chi connectivity index (χ4n) is 1.54. The lowest BCUT2D eigenvalue weighted by atomic mass is 10.2. The fraction of sp³-hybridized carbons (Fsp3) is 0.364. The number of oxime groups is 1. The predicted octanol–water partition coefficient (Wildman–Crippen LogP) is 2.39. The van der Waals surface area contributed by atoms with Gasteiger partial charge in [0, 0.05) is 23.1 Å². The van der Waals surface area contributed by atoms with E-state index in [-0.39, 0.29) is 5.84 Å². The quantitative estimate of drug-likeness (QED) is 0.386. The number of anilines is 1. The van der Waals surface area contributed by atoms with Crippen LogP contribution in [0.15, 0.2) is 27.8 Å². The average molecular weight is 286 g/mol. The van der Waals surface area contributed by atoms with Crippen molar-refractivity contribution < 1.29 is 5.21 Å².